The van der Waals surface area contributed by atoms with Gasteiger partial charge in [0, 0.05) is 12.8 Å². The van der Waals surface area contributed by atoms with Gasteiger partial charge in [-0.1, -0.05) is 25.6 Å². The van der Waals surface area contributed by atoms with Crippen molar-refractivity contribution in [3.05, 3.63) is 0 Å². The molecule has 1 rings (SSSR count). The molecule has 0 saturated carbocycles. The Bertz CT molecular complexity index is 349. The van der Waals surface area contributed by atoms with Crippen LogP contribution in [0.5, 0.6) is 0 Å². The van der Waals surface area contributed by atoms with E-state index in [1.54, 1.807) is 11.7 Å². The molecule has 0 atom stereocenters. The maximum absolute atomic E-state index is 11.4. The minimum Gasteiger partial charge on any atom is -0.294 e. The maximum atomic E-state index is 11.4. The fourth-order valence-electron chi connectivity index (χ4n) is 0.849. The number of amides is 1. The van der Waals surface area contributed by atoms with E-state index < -0.39 is 5.41 Å². The number of nitrogens with one attached hydrogen (secondary N) is 1. The Balaban J connectivity index is 2.57. The van der Waals surface area contributed by atoms with Crippen LogP contribution in [0.4, 0.5) is 0 Å². The third-order valence-corrected chi connectivity index (χ3v) is 3.36. The summed E-state index contributed by atoms with van der Waals surface area (Å²) in [7, 11) is 1.75. The predicted octanol–water partition coefficient (Wildman–Crippen LogP) is -0.682. The molecule has 8 heteroatoms. The van der Waals surface area contributed by atoms with Crippen LogP contribution in [0.2, 0.25) is 0 Å². The van der Waals surface area contributed by atoms with Crippen LogP contribution in [-0.2, 0) is 11.8 Å². The van der Waals surface area contributed by atoms with E-state index in [9.17, 15) is 4.79 Å². The van der Waals surface area contributed by atoms with Gasteiger partial charge in [0.15, 0.2) is 0 Å². The van der Waals surface area contributed by atoms with Gasteiger partial charge in [-0.05, 0) is 10.4 Å². The van der Waals surface area contributed by atoms with Crippen LogP contribution >= 0.6 is 11.8 Å². The lowest BCUT2D eigenvalue weighted by Gasteiger charge is -2.20. The van der Waals surface area contributed by atoms with Crippen LogP contribution in [0.15, 0.2) is 5.16 Å². The number of aryl methyl sites for hydroxylation is 1. The highest BCUT2D eigenvalue weighted by atomic mass is 32.2. The van der Waals surface area contributed by atoms with Gasteiger partial charge in [-0.25, -0.2) is 10.5 Å². The summed E-state index contributed by atoms with van der Waals surface area (Å²) in [4.78, 5) is 11.4. The monoisotopic (exact) mass is 230 g/mol. The Hall–Kier alpha value is -1.15. The number of carbonyl (C=O) groups is 1. The first kappa shape index (κ1) is 11.9. The van der Waals surface area contributed by atoms with Crippen LogP contribution in [0.25, 0.3) is 0 Å². The van der Waals surface area contributed by atoms with Crippen molar-refractivity contribution in [1.29, 1.82) is 0 Å². The van der Waals surface area contributed by atoms with Gasteiger partial charge in [0.25, 0.3) is 0 Å². The number of hydrazine groups is 1. The van der Waals surface area contributed by atoms with Crippen LogP contribution in [0, 0.1) is 5.41 Å². The van der Waals surface area contributed by atoms with Crippen molar-refractivity contribution in [2.24, 2.45) is 18.3 Å². The molecule has 0 spiro atoms. The topological polar surface area (TPSA) is 98.7 Å². The average molecular weight is 230 g/mol. The van der Waals surface area contributed by atoms with Crippen molar-refractivity contribution in [3.63, 3.8) is 0 Å². The summed E-state index contributed by atoms with van der Waals surface area (Å²) >= 11 is 1.41. The number of tetrazole rings is 1. The van der Waals surface area contributed by atoms with Gasteiger partial charge in [-0.2, -0.15) is 0 Å². The molecule has 0 unspecified atom stereocenters. The number of thioether (sulfide) groups is 1. The smallest absolute Gasteiger partial charge is 0.240 e. The van der Waals surface area contributed by atoms with Crippen LogP contribution < -0.4 is 11.3 Å². The van der Waals surface area contributed by atoms with Crippen LogP contribution in [0.3, 0.4) is 0 Å². The Morgan fingerprint density at radius 1 is 1.67 bits per heavy atom. The molecule has 0 radical (unpaired) electrons. The minimum atomic E-state index is -0.550. The van der Waals surface area contributed by atoms with E-state index in [1.165, 1.54) is 11.8 Å². The van der Waals surface area contributed by atoms with Crippen molar-refractivity contribution in [2.45, 2.75) is 19.0 Å². The summed E-state index contributed by atoms with van der Waals surface area (Å²) in [5, 5.41) is 11.7. The number of rotatable bonds is 4. The number of hydrogen-bond acceptors (Lipinski definition) is 6. The van der Waals surface area contributed by atoms with Gasteiger partial charge in [0.05, 0.1) is 5.41 Å². The largest absolute Gasteiger partial charge is 0.294 e. The van der Waals surface area contributed by atoms with Gasteiger partial charge in [0.1, 0.15) is 0 Å². The highest BCUT2D eigenvalue weighted by molar-refractivity contribution is 7.99. The number of carbonyl (C=O) groups excluding carboxylic acids is 1. The fraction of sp³-hybridized carbons (Fsp3) is 0.714. The Morgan fingerprint density at radius 3 is 2.80 bits per heavy atom. The highest BCUT2D eigenvalue weighted by Gasteiger charge is 2.27. The Kier molecular flexibility index (Phi) is 3.64. The Morgan fingerprint density at radius 2 is 2.33 bits per heavy atom. The zero-order chi connectivity index (χ0) is 11.5. The molecule has 0 aliphatic rings. The molecule has 1 aromatic heterocycles. The lowest BCUT2D eigenvalue weighted by atomic mass is 9.96. The molecule has 0 aliphatic carbocycles. The van der Waals surface area contributed by atoms with Crippen LogP contribution in [0.1, 0.15) is 13.8 Å². The second-order valence-electron chi connectivity index (χ2n) is 3.73. The molecular formula is C7H14N6OS. The van der Waals surface area contributed by atoms with E-state index in [1.807, 2.05) is 13.8 Å². The molecule has 1 aromatic rings. The first-order valence-corrected chi connectivity index (χ1v) is 5.32. The molecular weight excluding hydrogens is 216 g/mol. The summed E-state index contributed by atoms with van der Waals surface area (Å²) in [5.74, 6) is 5.44. The molecule has 7 nitrogen and oxygen atoms in total. The lowest BCUT2D eigenvalue weighted by molar-refractivity contribution is -0.128. The SMILES string of the molecule is Cn1nnnc1SCC(C)(C)C(=O)NN. The van der Waals surface area contributed by atoms with E-state index in [-0.39, 0.29) is 5.91 Å². The summed E-state index contributed by atoms with van der Waals surface area (Å²) in [6, 6.07) is 0. The summed E-state index contributed by atoms with van der Waals surface area (Å²) < 4.78 is 1.56. The first-order valence-electron chi connectivity index (χ1n) is 4.33. The molecule has 0 aliphatic heterocycles. The first-order chi connectivity index (χ1) is 6.97. The van der Waals surface area contributed by atoms with Crippen molar-refractivity contribution in [3.8, 4) is 0 Å². The average Bonchev–Trinajstić information content (AvgIpc) is 2.60. The van der Waals surface area contributed by atoms with Gasteiger partial charge in [0.2, 0.25) is 11.1 Å². The van der Waals surface area contributed by atoms with Gasteiger partial charge >= 0.3 is 0 Å². The summed E-state index contributed by atoms with van der Waals surface area (Å²) in [6.07, 6.45) is 0. The van der Waals surface area contributed by atoms with Crippen molar-refractivity contribution >= 4 is 17.7 Å². The fourth-order valence-corrected chi connectivity index (χ4v) is 1.79. The molecule has 1 amide bonds. The highest BCUT2D eigenvalue weighted by Crippen LogP contribution is 2.25. The van der Waals surface area contributed by atoms with E-state index in [4.69, 9.17) is 5.84 Å². The zero-order valence-electron chi connectivity index (χ0n) is 8.89. The van der Waals surface area contributed by atoms with E-state index in [2.05, 4.69) is 21.0 Å². The third kappa shape index (κ3) is 2.90. The maximum Gasteiger partial charge on any atom is 0.240 e. The molecule has 0 saturated heterocycles. The number of hydrogen-bond donors (Lipinski definition) is 2. The molecule has 84 valence electrons. The normalized spacial score (nSPS) is 11.5. The third-order valence-electron chi connectivity index (χ3n) is 1.89. The second kappa shape index (κ2) is 4.58. The van der Waals surface area contributed by atoms with Gasteiger partial charge in [-0.3, -0.25) is 10.2 Å². The summed E-state index contributed by atoms with van der Waals surface area (Å²) in [5.41, 5.74) is 1.59. The van der Waals surface area contributed by atoms with Crippen molar-refractivity contribution in [2.75, 3.05) is 5.75 Å². The van der Waals surface area contributed by atoms with E-state index >= 15 is 0 Å². The van der Waals surface area contributed by atoms with E-state index in [0.717, 1.165) is 0 Å². The van der Waals surface area contributed by atoms with Gasteiger partial charge < -0.3 is 0 Å². The lowest BCUT2D eigenvalue weighted by Crippen LogP contribution is -2.42. The van der Waals surface area contributed by atoms with Crippen LogP contribution in [-0.4, -0.2) is 31.9 Å². The minimum absolute atomic E-state index is 0.204. The standard InChI is InChI=1S/C7H14N6OS/c1-7(2,5(14)9-8)4-15-6-10-11-12-13(6)3/h4,8H2,1-3H3,(H,9,14). The molecule has 15 heavy (non-hydrogen) atoms. The summed E-state index contributed by atoms with van der Waals surface area (Å²) in [6.45, 7) is 3.62. The molecule has 1 heterocycles. The second-order valence-corrected chi connectivity index (χ2v) is 4.67. The number of nitrogens with two attached hydrogens (primary N) is 1. The molecule has 0 aromatic carbocycles. The quantitative estimate of drug-likeness (QED) is 0.308. The zero-order valence-corrected chi connectivity index (χ0v) is 9.71. The number of aromatic nitrogens is 4. The van der Waals surface area contributed by atoms with E-state index in [0.29, 0.717) is 10.9 Å². The number of nitrogens with zero attached hydrogens (tertiary/aromatic N) is 4. The predicted molar refractivity (Wildman–Crippen MR) is 55.6 cm³/mol. The molecule has 0 fully saturated rings. The van der Waals surface area contributed by atoms with Crippen molar-refractivity contribution in [1.82, 2.24) is 25.6 Å². The van der Waals surface area contributed by atoms with Crippen molar-refractivity contribution < 1.29 is 4.79 Å². The molecule has 0 bridgehead atoms. The molecule has 3 N–H and O–H groups in total. The Labute approximate surface area is 91.7 Å². The van der Waals surface area contributed by atoms with Gasteiger partial charge in [-0.15, -0.1) is 5.10 Å².